The van der Waals surface area contributed by atoms with Gasteiger partial charge in [0, 0.05) is 63.8 Å². The topological polar surface area (TPSA) is 68.8 Å². The number of nitrogens with zero attached hydrogens (tertiary/aromatic N) is 4. The van der Waals surface area contributed by atoms with Crippen LogP contribution in [-0.4, -0.2) is 73.0 Å². The van der Waals surface area contributed by atoms with Gasteiger partial charge in [0.2, 0.25) is 5.91 Å². The molecule has 0 saturated carbocycles. The van der Waals surface area contributed by atoms with E-state index in [4.69, 9.17) is 0 Å². The highest BCUT2D eigenvalue weighted by molar-refractivity contribution is 5.84. The minimum Gasteiger partial charge on any atom is -0.368 e. The van der Waals surface area contributed by atoms with Crippen molar-refractivity contribution in [2.24, 2.45) is 0 Å². The standard InChI is InChI=1S/C22H26F3N5O2/c1-28(10-8-18-6-2-3-9-26-18)20(31)16-27-21(32)30-13-11-29(12-14-30)19-7-4-5-17(15-19)22(23,24)25/h2-7,9,15H,8,10-14,16H2,1H3,(H,27,32). The molecule has 32 heavy (non-hydrogen) atoms. The fourth-order valence-corrected chi connectivity index (χ4v) is 3.40. The third kappa shape index (κ3) is 6.35. The van der Waals surface area contributed by atoms with E-state index in [0.717, 1.165) is 17.8 Å². The molecule has 0 atom stereocenters. The first-order valence-corrected chi connectivity index (χ1v) is 10.3. The van der Waals surface area contributed by atoms with E-state index in [9.17, 15) is 22.8 Å². The molecular formula is C22H26F3N5O2. The molecule has 0 radical (unpaired) electrons. The SMILES string of the molecule is CN(CCc1ccccn1)C(=O)CNC(=O)N1CCN(c2cccc(C(F)(F)F)c2)CC1. The highest BCUT2D eigenvalue weighted by Crippen LogP contribution is 2.31. The Morgan fingerprint density at radius 3 is 2.50 bits per heavy atom. The van der Waals surface area contributed by atoms with Crippen LogP contribution in [0.5, 0.6) is 0 Å². The molecular weight excluding hydrogens is 423 g/mol. The van der Waals surface area contributed by atoms with Gasteiger partial charge in [-0.15, -0.1) is 0 Å². The van der Waals surface area contributed by atoms with Crippen molar-refractivity contribution >= 4 is 17.6 Å². The van der Waals surface area contributed by atoms with E-state index >= 15 is 0 Å². The Balaban J connectivity index is 1.42. The summed E-state index contributed by atoms with van der Waals surface area (Å²) in [5.74, 6) is -0.211. The van der Waals surface area contributed by atoms with Crippen LogP contribution < -0.4 is 10.2 Å². The first-order valence-electron chi connectivity index (χ1n) is 10.3. The predicted molar refractivity (Wildman–Crippen MR) is 114 cm³/mol. The second-order valence-corrected chi connectivity index (χ2v) is 7.57. The number of aromatic nitrogens is 1. The van der Waals surface area contributed by atoms with Crippen LogP contribution >= 0.6 is 0 Å². The molecule has 10 heteroatoms. The van der Waals surface area contributed by atoms with Crippen molar-refractivity contribution in [3.8, 4) is 0 Å². The largest absolute Gasteiger partial charge is 0.416 e. The zero-order chi connectivity index (χ0) is 23.1. The van der Waals surface area contributed by atoms with E-state index in [2.05, 4.69) is 10.3 Å². The van der Waals surface area contributed by atoms with Crippen molar-refractivity contribution in [1.82, 2.24) is 20.1 Å². The molecule has 1 aliphatic rings. The Morgan fingerprint density at radius 1 is 1.09 bits per heavy atom. The minimum absolute atomic E-state index is 0.120. The molecule has 3 rings (SSSR count). The fourth-order valence-electron chi connectivity index (χ4n) is 3.40. The summed E-state index contributed by atoms with van der Waals surface area (Å²) in [7, 11) is 1.67. The average molecular weight is 449 g/mol. The van der Waals surface area contributed by atoms with Crippen LogP contribution in [0.15, 0.2) is 48.7 Å². The number of alkyl halides is 3. The number of benzene rings is 1. The maximum absolute atomic E-state index is 12.9. The number of amides is 3. The lowest BCUT2D eigenvalue weighted by Gasteiger charge is -2.36. The monoisotopic (exact) mass is 449 g/mol. The van der Waals surface area contributed by atoms with Gasteiger partial charge in [-0.2, -0.15) is 13.2 Å². The number of halogens is 3. The van der Waals surface area contributed by atoms with Gasteiger partial charge in [-0.05, 0) is 30.3 Å². The molecule has 172 valence electrons. The molecule has 0 spiro atoms. The summed E-state index contributed by atoms with van der Waals surface area (Å²) < 4.78 is 38.8. The summed E-state index contributed by atoms with van der Waals surface area (Å²) in [4.78, 5) is 33.8. The average Bonchev–Trinajstić information content (AvgIpc) is 2.81. The van der Waals surface area contributed by atoms with Gasteiger partial charge in [0.25, 0.3) is 0 Å². The first kappa shape index (κ1) is 23.4. The number of hydrogen-bond donors (Lipinski definition) is 1. The zero-order valence-electron chi connectivity index (χ0n) is 17.8. The molecule has 1 N–H and O–H groups in total. The summed E-state index contributed by atoms with van der Waals surface area (Å²) in [6.07, 6.45) is -2.08. The first-order chi connectivity index (χ1) is 15.2. The van der Waals surface area contributed by atoms with Crippen molar-refractivity contribution in [1.29, 1.82) is 0 Å². The van der Waals surface area contributed by atoms with E-state index in [1.165, 1.54) is 6.07 Å². The predicted octanol–water partition coefficient (Wildman–Crippen LogP) is 2.63. The van der Waals surface area contributed by atoms with Gasteiger partial charge in [0.15, 0.2) is 0 Å². The van der Waals surface area contributed by atoms with Gasteiger partial charge in [-0.25, -0.2) is 4.79 Å². The number of carbonyl (C=O) groups is 2. The highest BCUT2D eigenvalue weighted by atomic mass is 19.4. The Kier molecular flexibility index (Phi) is 7.55. The Bertz CT molecular complexity index is 915. The van der Waals surface area contributed by atoms with Crippen LogP contribution in [0, 0.1) is 0 Å². The number of carbonyl (C=O) groups excluding carboxylic acids is 2. The Labute approximate surface area is 184 Å². The molecule has 0 bridgehead atoms. The van der Waals surface area contributed by atoms with E-state index in [1.807, 2.05) is 23.1 Å². The number of anilines is 1. The second-order valence-electron chi connectivity index (χ2n) is 7.57. The van der Waals surface area contributed by atoms with Crippen molar-refractivity contribution < 1.29 is 22.8 Å². The lowest BCUT2D eigenvalue weighted by molar-refractivity contribution is -0.137. The minimum atomic E-state index is -4.39. The van der Waals surface area contributed by atoms with Crippen molar-refractivity contribution in [3.63, 3.8) is 0 Å². The van der Waals surface area contributed by atoms with E-state index in [-0.39, 0.29) is 18.5 Å². The molecule has 7 nitrogen and oxygen atoms in total. The molecule has 1 fully saturated rings. The third-order valence-electron chi connectivity index (χ3n) is 5.35. The fraction of sp³-hybridized carbons (Fsp3) is 0.409. The molecule has 1 aromatic carbocycles. The van der Waals surface area contributed by atoms with Crippen LogP contribution in [0.3, 0.4) is 0 Å². The zero-order valence-corrected chi connectivity index (χ0v) is 17.8. The number of hydrogen-bond acceptors (Lipinski definition) is 4. The normalized spacial score (nSPS) is 14.2. The number of nitrogens with one attached hydrogen (secondary N) is 1. The van der Waals surface area contributed by atoms with Crippen LogP contribution in [0.2, 0.25) is 0 Å². The molecule has 2 heterocycles. The Hall–Kier alpha value is -3.30. The number of rotatable bonds is 6. The van der Waals surface area contributed by atoms with Crippen LogP contribution in [0.4, 0.5) is 23.7 Å². The molecule has 0 aliphatic carbocycles. The van der Waals surface area contributed by atoms with Gasteiger partial charge in [-0.3, -0.25) is 9.78 Å². The van der Waals surface area contributed by atoms with Crippen molar-refractivity contribution in [2.45, 2.75) is 12.6 Å². The highest BCUT2D eigenvalue weighted by Gasteiger charge is 2.31. The summed E-state index contributed by atoms with van der Waals surface area (Å²) >= 11 is 0. The lowest BCUT2D eigenvalue weighted by atomic mass is 10.1. The second kappa shape index (κ2) is 10.3. The summed E-state index contributed by atoms with van der Waals surface area (Å²) in [5.41, 5.74) is 0.667. The number of piperazine rings is 1. The molecule has 3 amide bonds. The summed E-state index contributed by atoms with van der Waals surface area (Å²) in [6, 6.07) is 10.4. The van der Waals surface area contributed by atoms with Crippen molar-refractivity contribution in [3.05, 3.63) is 59.9 Å². The maximum Gasteiger partial charge on any atom is 0.416 e. The quantitative estimate of drug-likeness (QED) is 0.736. The van der Waals surface area contributed by atoms with E-state index in [0.29, 0.717) is 44.8 Å². The van der Waals surface area contributed by atoms with Crippen molar-refractivity contribution in [2.75, 3.05) is 51.2 Å². The third-order valence-corrected chi connectivity index (χ3v) is 5.35. The number of pyridine rings is 1. The Morgan fingerprint density at radius 2 is 1.84 bits per heavy atom. The molecule has 0 unspecified atom stereocenters. The smallest absolute Gasteiger partial charge is 0.368 e. The van der Waals surface area contributed by atoms with E-state index in [1.54, 1.807) is 29.1 Å². The van der Waals surface area contributed by atoms with Gasteiger partial charge in [0.05, 0.1) is 12.1 Å². The summed E-state index contributed by atoms with van der Waals surface area (Å²) in [5, 5.41) is 2.63. The van der Waals surface area contributed by atoms with Gasteiger partial charge in [-0.1, -0.05) is 12.1 Å². The van der Waals surface area contributed by atoms with Crippen LogP contribution in [-0.2, 0) is 17.4 Å². The molecule has 1 aromatic heterocycles. The maximum atomic E-state index is 12.9. The molecule has 2 aromatic rings. The molecule has 1 aliphatic heterocycles. The van der Waals surface area contributed by atoms with E-state index < -0.39 is 11.7 Å². The van der Waals surface area contributed by atoms with Gasteiger partial charge in [0.1, 0.15) is 0 Å². The summed E-state index contributed by atoms with van der Waals surface area (Å²) in [6.45, 7) is 1.89. The van der Waals surface area contributed by atoms with Gasteiger partial charge < -0.3 is 20.0 Å². The van der Waals surface area contributed by atoms with Crippen LogP contribution in [0.1, 0.15) is 11.3 Å². The van der Waals surface area contributed by atoms with Crippen LogP contribution in [0.25, 0.3) is 0 Å². The molecule has 1 saturated heterocycles. The number of likely N-dealkylation sites (N-methyl/N-ethyl adjacent to an activating group) is 1. The number of urea groups is 1. The van der Waals surface area contributed by atoms with Gasteiger partial charge >= 0.3 is 12.2 Å². The lowest BCUT2D eigenvalue weighted by Crippen LogP contribution is -2.53.